The largest absolute Gasteiger partial charge is 0.260 e. The number of fused-ring (bicyclic) bond motifs is 3. The number of hydrogen-bond donors (Lipinski definition) is 0. The van der Waals surface area contributed by atoms with Gasteiger partial charge < -0.3 is 0 Å². The summed E-state index contributed by atoms with van der Waals surface area (Å²) in [5.74, 6) is 0. The molecule has 0 saturated heterocycles. The molecule has 0 aliphatic heterocycles. The van der Waals surface area contributed by atoms with Crippen LogP contribution in [0.25, 0.3) is 10.8 Å². The van der Waals surface area contributed by atoms with E-state index in [1.165, 1.54) is 41.3 Å². The predicted octanol–water partition coefficient (Wildman–Crippen LogP) is 2.72. The van der Waals surface area contributed by atoms with Gasteiger partial charge in [-0.25, -0.2) is 0 Å². The highest BCUT2D eigenvalue weighted by atomic mass is 14.7. The summed E-state index contributed by atoms with van der Waals surface area (Å²) in [7, 11) is 0. The third kappa shape index (κ3) is 0.966. The molecule has 0 N–H and O–H groups in total. The molecule has 0 saturated carbocycles. The average Bonchev–Trinajstić information content (AvgIpc) is 2.65. The van der Waals surface area contributed by atoms with Crippen molar-refractivity contribution < 1.29 is 0 Å². The Morgan fingerprint density at radius 1 is 1.08 bits per heavy atom. The van der Waals surface area contributed by atoms with Crippen molar-refractivity contribution in [2.75, 3.05) is 0 Å². The molecule has 0 spiro atoms. The van der Waals surface area contributed by atoms with Gasteiger partial charge in [0.25, 0.3) is 0 Å². The van der Waals surface area contributed by atoms with E-state index >= 15 is 0 Å². The maximum absolute atomic E-state index is 4.49. The monoisotopic (exact) mass is 169 g/mol. The van der Waals surface area contributed by atoms with E-state index in [0.717, 1.165) is 0 Å². The highest BCUT2D eigenvalue weighted by Gasteiger charge is 2.14. The Bertz CT molecular complexity index is 460. The maximum atomic E-state index is 4.49. The first-order valence-corrected chi connectivity index (χ1v) is 4.80. The molecule has 0 atom stereocenters. The number of rotatable bonds is 0. The van der Waals surface area contributed by atoms with E-state index in [-0.39, 0.29) is 0 Å². The molecule has 1 aromatic carbocycles. The lowest BCUT2D eigenvalue weighted by atomic mass is 10.1. The van der Waals surface area contributed by atoms with E-state index in [0.29, 0.717) is 0 Å². The van der Waals surface area contributed by atoms with E-state index in [2.05, 4.69) is 29.2 Å². The van der Waals surface area contributed by atoms with Crippen molar-refractivity contribution in [2.24, 2.45) is 0 Å². The molecule has 1 aliphatic carbocycles. The van der Waals surface area contributed by atoms with Crippen molar-refractivity contribution in [3.63, 3.8) is 0 Å². The van der Waals surface area contributed by atoms with Crippen molar-refractivity contribution in [1.82, 2.24) is 4.98 Å². The normalized spacial score (nSPS) is 14.8. The van der Waals surface area contributed by atoms with Gasteiger partial charge in [0.1, 0.15) is 0 Å². The molecule has 3 rings (SSSR count). The molecule has 1 aromatic heterocycles. The Morgan fingerprint density at radius 3 is 3.00 bits per heavy atom. The Balaban J connectivity index is 2.43. The SMILES string of the molecule is c1ccc2c3c(ncc2c1)CCC3. The van der Waals surface area contributed by atoms with Gasteiger partial charge in [-0.2, -0.15) is 0 Å². The van der Waals surface area contributed by atoms with Crippen molar-refractivity contribution in [2.45, 2.75) is 19.3 Å². The smallest absolute Gasteiger partial charge is 0.0442 e. The molecule has 1 nitrogen and oxygen atoms in total. The number of pyridine rings is 1. The predicted molar refractivity (Wildman–Crippen MR) is 53.8 cm³/mol. The van der Waals surface area contributed by atoms with E-state index < -0.39 is 0 Å². The van der Waals surface area contributed by atoms with Gasteiger partial charge in [0.15, 0.2) is 0 Å². The quantitative estimate of drug-likeness (QED) is 0.591. The molecule has 0 radical (unpaired) electrons. The maximum Gasteiger partial charge on any atom is 0.0442 e. The molecule has 13 heavy (non-hydrogen) atoms. The van der Waals surface area contributed by atoms with Crippen molar-refractivity contribution in [3.05, 3.63) is 41.7 Å². The van der Waals surface area contributed by atoms with E-state index in [1.54, 1.807) is 0 Å². The van der Waals surface area contributed by atoms with Gasteiger partial charge >= 0.3 is 0 Å². The van der Waals surface area contributed by atoms with Crippen LogP contribution >= 0.6 is 0 Å². The number of benzene rings is 1. The first kappa shape index (κ1) is 7.07. The Morgan fingerprint density at radius 2 is 2.00 bits per heavy atom. The van der Waals surface area contributed by atoms with Crippen LogP contribution in [-0.2, 0) is 12.8 Å². The minimum Gasteiger partial charge on any atom is -0.260 e. The lowest BCUT2D eigenvalue weighted by Gasteiger charge is -2.03. The van der Waals surface area contributed by atoms with Crippen LogP contribution in [0.15, 0.2) is 30.5 Å². The van der Waals surface area contributed by atoms with Gasteiger partial charge in [0.05, 0.1) is 0 Å². The zero-order chi connectivity index (χ0) is 8.67. The van der Waals surface area contributed by atoms with Crippen LogP contribution in [0.3, 0.4) is 0 Å². The molecular formula is C12H11N. The number of hydrogen-bond acceptors (Lipinski definition) is 1. The van der Waals surface area contributed by atoms with Crippen LogP contribution in [0.5, 0.6) is 0 Å². The molecule has 1 heteroatoms. The van der Waals surface area contributed by atoms with Gasteiger partial charge in [-0.15, -0.1) is 0 Å². The van der Waals surface area contributed by atoms with Crippen LogP contribution in [0, 0.1) is 0 Å². The molecule has 0 fully saturated rings. The number of aromatic nitrogens is 1. The average molecular weight is 169 g/mol. The Labute approximate surface area is 77.4 Å². The van der Waals surface area contributed by atoms with Crippen molar-refractivity contribution in [3.8, 4) is 0 Å². The van der Waals surface area contributed by atoms with Gasteiger partial charge in [0, 0.05) is 17.3 Å². The van der Waals surface area contributed by atoms with E-state index in [1.807, 2.05) is 6.20 Å². The fraction of sp³-hybridized carbons (Fsp3) is 0.250. The molecule has 0 bridgehead atoms. The van der Waals surface area contributed by atoms with Crippen LogP contribution in [0.1, 0.15) is 17.7 Å². The van der Waals surface area contributed by atoms with Crippen molar-refractivity contribution in [1.29, 1.82) is 0 Å². The standard InChI is InChI=1S/C12H11N/c1-2-5-10-9(4-1)8-13-12-7-3-6-11(10)12/h1-2,4-5,8H,3,6-7H2. The molecule has 0 amide bonds. The Kier molecular flexibility index (Phi) is 1.39. The lowest BCUT2D eigenvalue weighted by Crippen LogP contribution is -1.88. The first-order chi connectivity index (χ1) is 6.45. The van der Waals surface area contributed by atoms with Crippen LogP contribution in [-0.4, -0.2) is 4.98 Å². The second-order valence-electron chi connectivity index (χ2n) is 3.62. The third-order valence-corrected chi connectivity index (χ3v) is 2.83. The number of aryl methyl sites for hydroxylation is 2. The van der Waals surface area contributed by atoms with E-state index in [9.17, 15) is 0 Å². The highest BCUT2D eigenvalue weighted by Crippen LogP contribution is 2.27. The third-order valence-electron chi connectivity index (χ3n) is 2.83. The molecule has 1 aliphatic rings. The highest BCUT2D eigenvalue weighted by molar-refractivity contribution is 5.85. The summed E-state index contributed by atoms with van der Waals surface area (Å²) >= 11 is 0. The van der Waals surface area contributed by atoms with Gasteiger partial charge in [-0.3, -0.25) is 4.98 Å². The zero-order valence-corrected chi connectivity index (χ0v) is 7.46. The summed E-state index contributed by atoms with van der Waals surface area (Å²) in [4.78, 5) is 4.49. The van der Waals surface area contributed by atoms with Crippen LogP contribution in [0.2, 0.25) is 0 Å². The second kappa shape index (κ2) is 2.56. The Hall–Kier alpha value is -1.37. The minimum absolute atomic E-state index is 1.17. The topological polar surface area (TPSA) is 12.9 Å². The van der Waals surface area contributed by atoms with Crippen molar-refractivity contribution >= 4 is 10.8 Å². The summed E-state index contributed by atoms with van der Waals surface area (Å²) in [6, 6.07) is 8.54. The van der Waals surface area contributed by atoms with Crippen LogP contribution < -0.4 is 0 Å². The minimum atomic E-state index is 1.17. The zero-order valence-electron chi connectivity index (χ0n) is 7.46. The second-order valence-corrected chi connectivity index (χ2v) is 3.62. The van der Waals surface area contributed by atoms with Gasteiger partial charge in [-0.1, -0.05) is 24.3 Å². The summed E-state index contributed by atoms with van der Waals surface area (Å²) in [6.07, 6.45) is 5.65. The molecule has 2 aromatic rings. The molecule has 1 heterocycles. The first-order valence-electron chi connectivity index (χ1n) is 4.80. The summed E-state index contributed by atoms with van der Waals surface area (Å²) < 4.78 is 0. The van der Waals surface area contributed by atoms with Gasteiger partial charge in [0.2, 0.25) is 0 Å². The summed E-state index contributed by atoms with van der Waals surface area (Å²) in [5, 5.41) is 2.69. The summed E-state index contributed by atoms with van der Waals surface area (Å²) in [6.45, 7) is 0. The fourth-order valence-corrected chi connectivity index (χ4v) is 2.19. The molecule has 0 unspecified atom stereocenters. The van der Waals surface area contributed by atoms with Crippen LogP contribution in [0.4, 0.5) is 0 Å². The summed E-state index contributed by atoms with van der Waals surface area (Å²) in [5.41, 5.74) is 2.80. The number of nitrogens with zero attached hydrogens (tertiary/aromatic N) is 1. The fourth-order valence-electron chi connectivity index (χ4n) is 2.19. The molecule has 64 valence electrons. The van der Waals surface area contributed by atoms with Gasteiger partial charge in [-0.05, 0) is 30.2 Å². The lowest BCUT2D eigenvalue weighted by molar-refractivity contribution is 0.900. The van der Waals surface area contributed by atoms with E-state index in [4.69, 9.17) is 0 Å². The molecular weight excluding hydrogens is 158 g/mol.